The monoisotopic (exact) mass is 402 g/mol. The molecule has 2 aromatic heterocycles. The van der Waals surface area contributed by atoms with E-state index in [2.05, 4.69) is 29.1 Å². The second-order valence-corrected chi connectivity index (χ2v) is 7.27. The largest absolute Gasteiger partial charge is 0.483 e. The van der Waals surface area contributed by atoms with Gasteiger partial charge in [0.2, 0.25) is 0 Å². The first-order valence-corrected chi connectivity index (χ1v) is 9.84. The first kappa shape index (κ1) is 19.9. The minimum atomic E-state index is -0.466. The highest BCUT2D eigenvalue weighted by molar-refractivity contribution is 7.98. The number of nitrogens with zero attached hydrogens (tertiary/aromatic N) is 6. The van der Waals surface area contributed by atoms with E-state index in [1.54, 1.807) is 0 Å². The maximum Gasteiger partial charge on any atom is 0.307 e. The molecule has 9 nitrogen and oxygen atoms in total. The van der Waals surface area contributed by atoms with Crippen molar-refractivity contribution in [2.45, 2.75) is 51.4 Å². The Hall–Kier alpha value is -2.88. The average molecular weight is 402 g/mol. The molecular weight excluding hydrogens is 380 g/mol. The normalized spacial score (nSPS) is 12.1. The molecule has 0 radical (unpaired) electrons. The van der Waals surface area contributed by atoms with Crippen LogP contribution in [-0.2, 0) is 12.4 Å². The van der Waals surface area contributed by atoms with Gasteiger partial charge in [-0.05, 0) is 51.0 Å². The van der Waals surface area contributed by atoms with E-state index in [0.717, 1.165) is 11.6 Å². The summed E-state index contributed by atoms with van der Waals surface area (Å²) in [7, 11) is 0. The van der Waals surface area contributed by atoms with Gasteiger partial charge in [0.1, 0.15) is 18.1 Å². The molecule has 1 atom stereocenters. The molecule has 0 saturated carbocycles. The lowest BCUT2D eigenvalue weighted by molar-refractivity contribution is -0.385. The molecule has 0 aliphatic heterocycles. The summed E-state index contributed by atoms with van der Waals surface area (Å²) in [6.45, 7) is 8.75. The molecule has 1 aromatic carbocycles. The highest BCUT2D eigenvalue weighted by Crippen LogP contribution is 2.26. The lowest BCUT2D eigenvalue weighted by Gasteiger charge is -2.16. The number of thioether (sulfide) groups is 1. The fraction of sp³-hybridized carbons (Fsp3) is 0.389. The molecule has 3 rings (SSSR count). The summed E-state index contributed by atoms with van der Waals surface area (Å²) in [5, 5.41) is 24.0. The van der Waals surface area contributed by atoms with Gasteiger partial charge in [0.05, 0.1) is 10.8 Å². The maximum absolute atomic E-state index is 10.8. The second-order valence-electron chi connectivity index (χ2n) is 6.36. The van der Waals surface area contributed by atoms with Crippen LogP contribution in [0.15, 0.2) is 35.7 Å². The van der Waals surface area contributed by atoms with E-state index in [1.165, 1.54) is 40.0 Å². The van der Waals surface area contributed by atoms with E-state index >= 15 is 0 Å². The third kappa shape index (κ3) is 4.33. The summed E-state index contributed by atoms with van der Waals surface area (Å²) < 4.78 is 9.55. The molecule has 0 bridgehead atoms. The smallest absolute Gasteiger partial charge is 0.307 e. The topological polar surface area (TPSA) is 101 Å². The number of aryl methyl sites for hydroxylation is 2. The van der Waals surface area contributed by atoms with Crippen molar-refractivity contribution in [1.29, 1.82) is 0 Å². The van der Waals surface area contributed by atoms with Crippen LogP contribution in [0.5, 0.6) is 5.75 Å². The van der Waals surface area contributed by atoms with Gasteiger partial charge in [-0.3, -0.25) is 14.8 Å². The molecule has 0 fully saturated rings. The Balaban J connectivity index is 1.71. The number of nitro groups is 1. The fourth-order valence-electron chi connectivity index (χ4n) is 2.69. The van der Waals surface area contributed by atoms with Gasteiger partial charge in [-0.15, -0.1) is 10.2 Å². The van der Waals surface area contributed by atoms with Crippen molar-refractivity contribution in [2.75, 3.05) is 0 Å². The standard InChI is InChI=1S/C18H22N6O3S/c1-5-23-17(14(4)27-16-7-6-12(2)13(3)8-16)20-21-18(23)28-11-22-10-15(9-19-22)24(25)26/h6-10,14H,5,11H2,1-4H3. The van der Waals surface area contributed by atoms with E-state index in [1.807, 2.05) is 36.6 Å². The van der Waals surface area contributed by atoms with Gasteiger partial charge in [-0.1, -0.05) is 17.8 Å². The molecule has 0 amide bonds. The van der Waals surface area contributed by atoms with E-state index < -0.39 is 4.92 Å². The van der Waals surface area contributed by atoms with Crippen molar-refractivity contribution >= 4 is 17.4 Å². The Kier molecular flexibility index (Phi) is 5.98. The van der Waals surface area contributed by atoms with Crippen molar-refractivity contribution in [2.24, 2.45) is 0 Å². The molecule has 28 heavy (non-hydrogen) atoms. The van der Waals surface area contributed by atoms with Gasteiger partial charge in [0, 0.05) is 6.54 Å². The molecule has 148 valence electrons. The Morgan fingerprint density at radius 1 is 1.29 bits per heavy atom. The van der Waals surface area contributed by atoms with E-state index in [0.29, 0.717) is 17.6 Å². The van der Waals surface area contributed by atoms with Crippen LogP contribution >= 0.6 is 11.8 Å². The Morgan fingerprint density at radius 3 is 2.71 bits per heavy atom. The van der Waals surface area contributed by atoms with Gasteiger partial charge in [0.15, 0.2) is 17.1 Å². The zero-order valence-electron chi connectivity index (χ0n) is 16.2. The molecular formula is C18H22N6O3S. The van der Waals surface area contributed by atoms with Crippen molar-refractivity contribution in [3.63, 3.8) is 0 Å². The van der Waals surface area contributed by atoms with Crippen LogP contribution in [0, 0.1) is 24.0 Å². The Morgan fingerprint density at radius 2 is 2.07 bits per heavy atom. The lowest BCUT2D eigenvalue weighted by atomic mass is 10.1. The quantitative estimate of drug-likeness (QED) is 0.320. The summed E-state index contributed by atoms with van der Waals surface area (Å²) in [4.78, 5) is 10.3. The third-order valence-electron chi connectivity index (χ3n) is 4.37. The summed E-state index contributed by atoms with van der Waals surface area (Å²) >= 11 is 1.41. The number of aromatic nitrogens is 5. The molecule has 10 heteroatoms. The molecule has 0 saturated heterocycles. The van der Waals surface area contributed by atoms with Gasteiger partial charge in [-0.2, -0.15) is 5.10 Å². The minimum Gasteiger partial charge on any atom is -0.483 e. The van der Waals surface area contributed by atoms with Gasteiger partial charge >= 0.3 is 5.69 Å². The van der Waals surface area contributed by atoms with Crippen LogP contribution in [0.4, 0.5) is 5.69 Å². The average Bonchev–Trinajstić information content (AvgIpc) is 3.29. The first-order chi connectivity index (χ1) is 13.4. The Labute approximate surface area is 166 Å². The van der Waals surface area contributed by atoms with Crippen LogP contribution in [0.25, 0.3) is 0 Å². The number of ether oxygens (including phenoxy) is 1. The van der Waals surface area contributed by atoms with E-state index in [-0.39, 0.29) is 11.8 Å². The minimum absolute atomic E-state index is 0.0336. The highest BCUT2D eigenvalue weighted by Gasteiger charge is 2.19. The molecule has 0 N–H and O–H groups in total. The molecule has 0 aliphatic carbocycles. The summed E-state index contributed by atoms with van der Waals surface area (Å²) in [6, 6.07) is 6.00. The van der Waals surface area contributed by atoms with Crippen LogP contribution in [0.3, 0.4) is 0 Å². The van der Waals surface area contributed by atoms with E-state index in [9.17, 15) is 10.1 Å². The first-order valence-electron chi connectivity index (χ1n) is 8.85. The summed E-state index contributed by atoms with van der Waals surface area (Å²) in [5.74, 6) is 1.92. The molecule has 0 spiro atoms. The van der Waals surface area contributed by atoms with Crippen LogP contribution in [-0.4, -0.2) is 29.5 Å². The molecule has 1 unspecified atom stereocenters. The number of rotatable bonds is 8. The van der Waals surface area contributed by atoms with Crippen molar-refractivity contribution in [3.8, 4) is 5.75 Å². The van der Waals surface area contributed by atoms with Crippen LogP contribution in [0.1, 0.15) is 36.9 Å². The Bertz CT molecular complexity index is 984. The number of benzene rings is 1. The summed E-state index contributed by atoms with van der Waals surface area (Å²) in [5.41, 5.74) is 2.36. The van der Waals surface area contributed by atoms with Crippen molar-refractivity contribution < 1.29 is 9.66 Å². The van der Waals surface area contributed by atoms with Gasteiger partial charge < -0.3 is 9.30 Å². The SMILES string of the molecule is CCn1c(SCn2cc([N+](=O)[O-])cn2)nnc1C(C)Oc1ccc(C)c(C)c1. The summed E-state index contributed by atoms with van der Waals surface area (Å²) in [6.07, 6.45) is 2.36. The second kappa shape index (κ2) is 8.42. The van der Waals surface area contributed by atoms with E-state index in [4.69, 9.17) is 4.74 Å². The van der Waals surface area contributed by atoms with Crippen molar-refractivity contribution in [1.82, 2.24) is 24.5 Å². The predicted molar refractivity (Wildman–Crippen MR) is 105 cm³/mol. The highest BCUT2D eigenvalue weighted by atomic mass is 32.2. The maximum atomic E-state index is 10.8. The fourth-order valence-corrected chi connectivity index (χ4v) is 3.56. The number of hydrogen-bond donors (Lipinski definition) is 0. The van der Waals surface area contributed by atoms with Gasteiger partial charge in [0.25, 0.3) is 0 Å². The van der Waals surface area contributed by atoms with Gasteiger partial charge in [-0.25, -0.2) is 0 Å². The molecule has 3 aromatic rings. The third-order valence-corrected chi connectivity index (χ3v) is 5.33. The van der Waals surface area contributed by atoms with Crippen molar-refractivity contribution in [3.05, 3.63) is 57.7 Å². The predicted octanol–water partition coefficient (Wildman–Crippen LogP) is 3.91. The van der Waals surface area contributed by atoms with Crippen LogP contribution in [0.2, 0.25) is 0 Å². The molecule has 0 aliphatic rings. The molecule has 2 heterocycles. The zero-order valence-corrected chi connectivity index (χ0v) is 17.0. The number of hydrogen-bond acceptors (Lipinski definition) is 7. The van der Waals surface area contributed by atoms with Crippen LogP contribution < -0.4 is 4.74 Å². The lowest BCUT2D eigenvalue weighted by Crippen LogP contribution is -2.12. The zero-order chi connectivity index (χ0) is 20.3.